The lowest BCUT2D eigenvalue weighted by Gasteiger charge is -2.17. The molecule has 2 nitrogen and oxygen atoms in total. The van der Waals surface area contributed by atoms with Gasteiger partial charge < -0.3 is 10.5 Å². The molecule has 0 radical (unpaired) electrons. The van der Waals surface area contributed by atoms with Crippen LogP contribution in [-0.2, 0) is 23.9 Å². The molecule has 28 heavy (non-hydrogen) atoms. The molecular formula is C23H20F3NO. The van der Waals surface area contributed by atoms with Gasteiger partial charge in [-0.25, -0.2) is 0 Å². The zero-order valence-corrected chi connectivity index (χ0v) is 15.1. The van der Waals surface area contributed by atoms with Crippen LogP contribution < -0.4 is 5.73 Å². The minimum Gasteiger partial charge on any atom is -0.371 e. The van der Waals surface area contributed by atoms with Crippen LogP contribution in [0, 0.1) is 0 Å². The molecular weight excluding hydrogens is 363 g/mol. The number of halogens is 3. The SMILES string of the molecule is NC1c2ccccc2CC1OCc1ccc(-c2cccc(C(F)(F)F)c2)cc1. The highest BCUT2D eigenvalue weighted by atomic mass is 19.4. The van der Waals surface area contributed by atoms with Gasteiger partial charge in [0.05, 0.1) is 24.3 Å². The highest BCUT2D eigenvalue weighted by Crippen LogP contribution is 2.33. The summed E-state index contributed by atoms with van der Waals surface area (Å²) in [4.78, 5) is 0. The Morgan fingerprint density at radius 3 is 2.36 bits per heavy atom. The number of hydrogen-bond donors (Lipinski definition) is 1. The molecule has 1 aliphatic carbocycles. The molecule has 1 aliphatic rings. The Morgan fingerprint density at radius 1 is 0.893 bits per heavy atom. The van der Waals surface area contributed by atoms with Crippen molar-refractivity contribution in [1.82, 2.24) is 0 Å². The summed E-state index contributed by atoms with van der Waals surface area (Å²) in [6, 6.07) is 20.7. The van der Waals surface area contributed by atoms with E-state index in [4.69, 9.17) is 10.5 Å². The van der Waals surface area contributed by atoms with Crippen molar-refractivity contribution in [2.75, 3.05) is 0 Å². The van der Waals surface area contributed by atoms with Crippen LogP contribution in [0.2, 0.25) is 0 Å². The lowest BCUT2D eigenvalue weighted by atomic mass is 10.0. The van der Waals surface area contributed by atoms with E-state index >= 15 is 0 Å². The van der Waals surface area contributed by atoms with E-state index in [0.717, 1.165) is 29.2 Å². The maximum Gasteiger partial charge on any atom is 0.416 e. The molecule has 3 aromatic rings. The minimum absolute atomic E-state index is 0.0689. The molecule has 144 valence electrons. The van der Waals surface area contributed by atoms with Crippen LogP contribution in [0.3, 0.4) is 0 Å². The van der Waals surface area contributed by atoms with Crippen LogP contribution in [0.4, 0.5) is 13.2 Å². The second-order valence-corrected chi connectivity index (χ2v) is 7.05. The van der Waals surface area contributed by atoms with Gasteiger partial charge in [0.2, 0.25) is 0 Å². The monoisotopic (exact) mass is 383 g/mol. The van der Waals surface area contributed by atoms with E-state index in [2.05, 4.69) is 6.07 Å². The topological polar surface area (TPSA) is 35.2 Å². The quantitative estimate of drug-likeness (QED) is 0.644. The van der Waals surface area contributed by atoms with E-state index in [0.29, 0.717) is 12.2 Å². The van der Waals surface area contributed by atoms with Crippen LogP contribution >= 0.6 is 0 Å². The Bertz CT molecular complexity index is 966. The van der Waals surface area contributed by atoms with Crippen molar-refractivity contribution in [3.05, 3.63) is 95.1 Å². The zero-order chi connectivity index (χ0) is 19.7. The summed E-state index contributed by atoms with van der Waals surface area (Å²) in [5, 5.41) is 0. The molecule has 4 rings (SSSR count). The number of hydrogen-bond acceptors (Lipinski definition) is 2. The highest BCUT2D eigenvalue weighted by Gasteiger charge is 2.31. The number of benzene rings is 3. The van der Waals surface area contributed by atoms with E-state index < -0.39 is 11.7 Å². The first-order valence-electron chi connectivity index (χ1n) is 9.13. The van der Waals surface area contributed by atoms with Crippen LogP contribution in [0.1, 0.15) is 28.3 Å². The van der Waals surface area contributed by atoms with Gasteiger partial charge in [0.15, 0.2) is 0 Å². The summed E-state index contributed by atoms with van der Waals surface area (Å²) in [6.07, 6.45) is -3.62. The Labute approximate surface area is 161 Å². The fraction of sp³-hybridized carbons (Fsp3) is 0.217. The fourth-order valence-corrected chi connectivity index (χ4v) is 3.62. The average molecular weight is 383 g/mol. The van der Waals surface area contributed by atoms with Gasteiger partial charge in [-0.05, 0) is 39.9 Å². The van der Waals surface area contributed by atoms with E-state index in [1.807, 2.05) is 42.5 Å². The third-order valence-corrected chi connectivity index (χ3v) is 5.18. The van der Waals surface area contributed by atoms with Gasteiger partial charge in [-0.2, -0.15) is 13.2 Å². The summed E-state index contributed by atoms with van der Waals surface area (Å²) in [6.45, 7) is 0.412. The zero-order valence-electron chi connectivity index (χ0n) is 15.1. The van der Waals surface area contributed by atoms with Gasteiger partial charge >= 0.3 is 6.18 Å². The average Bonchev–Trinajstić information content (AvgIpc) is 3.02. The number of ether oxygens (including phenoxy) is 1. The smallest absolute Gasteiger partial charge is 0.371 e. The summed E-state index contributed by atoms with van der Waals surface area (Å²) in [5.74, 6) is 0. The first-order valence-corrected chi connectivity index (χ1v) is 9.13. The van der Waals surface area contributed by atoms with Gasteiger partial charge in [-0.1, -0.05) is 60.7 Å². The molecule has 2 unspecified atom stereocenters. The predicted octanol–water partition coefficient (Wildman–Crippen LogP) is 5.51. The molecule has 3 aromatic carbocycles. The van der Waals surface area contributed by atoms with Crippen LogP contribution in [0.5, 0.6) is 0 Å². The Morgan fingerprint density at radius 2 is 1.64 bits per heavy atom. The molecule has 0 aliphatic heterocycles. The number of rotatable bonds is 4. The van der Waals surface area contributed by atoms with Crippen molar-refractivity contribution in [1.29, 1.82) is 0 Å². The van der Waals surface area contributed by atoms with Gasteiger partial charge in [0.1, 0.15) is 0 Å². The Balaban J connectivity index is 1.42. The molecule has 2 atom stereocenters. The van der Waals surface area contributed by atoms with E-state index in [-0.39, 0.29) is 12.1 Å². The molecule has 0 saturated heterocycles. The molecule has 0 saturated carbocycles. The summed E-state index contributed by atoms with van der Waals surface area (Å²) in [5.41, 5.74) is 10.2. The second kappa shape index (κ2) is 7.41. The lowest BCUT2D eigenvalue weighted by Crippen LogP contribution is -2.25. The molecule has 0 bridgehead atoms. The lowest BCUT2D eigenvalue weighted by molar-refractivity contribution is -0.137. The number of fused-ring (bicyclic) bond motifs is 1. The number of nitrogens with two attached hydrogens (primary N) is 1. The summed E-state index contributed by atoms with van der Waals surface area (Å²) >= 11 is 0. The largest absolute Gasteiger partial charge is 0.416 e. The minimum atomic E-state index is -4.35. The molecule has 5 heteroatoms. The van der Waals surface area contributed by atoms with Gasteiger partial charge in [-0.3, -0.25) is 0 Å². The van der Waals surface area contributed by atoms with Gasteiger partial charge in [0, 0.05) is 6.42 Å². The van der Waals surface area contributed by atoms with Gasteiger partial charge in [-0.15, -0.1) is 0 Å². The van der Waals surface area contributed by atoms with E-state index in [1.165, 1.54) is 17.7 Å². The third-order valence-electron chi connectivity index (χ3n) is 5.18. The third kappa shape index (κ3) is 3.81. The van der Waals surface area contributed by atoms with Crippen molar-refractivity contribution in [2.45, 2.75) is 31.3 Å². The van der Waals surface area contributed by atoms with Gasteiger partial charge in [0.25, 0.3) is 0 Å². The van der Waals surface area contributed by atoms with Crippen molar-refractivity contribution in [3.63, 3.8) is 0 Å². The highest BCUT2D eigenvalue weighted by molar-refractivity contribution is 5.64. The van der Waals surface area contributed by atoms with E-state index in [1.54, 1.807) is 6.07 Å². The second-order valence-electron chi connectivity index (χ2n) is 7.05. The van der Waals surface area contributed by atoms with Crippen LogP contribution in [0.25, 0.3) is 11.1 Å². The molecule has 0 amide bonds. The van der Waals surface area contributed by atoms with Crippen LogP contribution in [-0.4, -0.2) is 6.10 Å². The maximum absolute atomic E-state index is 12.9. The Hall–Kier alpha value is -2.63. The first kappa shape index (κ1) is 18.7. The number of alkyl halides is 3. The van der Waals surface area contributed by atoms with Crippen molar-refractivity contribution in [2.24, 2.45) is 5.73 Å². The Kier molecular flexibility index (Phi) is 4.96. The first-order chi connectivity index (χ1) is 13.4. The molecule has 0 spiro atoms. The molecule has 0 fully saturated rings. The normalized spacial score (nSPS) is 18.9. The molecule has 0 heterocycles. The molecule has 2 N–H and O–H groups in total. The molecule has 0 aromatic heterocycles. The van der Waals surface area contributed by atoms with E-state index in [9.17, 15) is 13.2 Å². The van der Waals surface area contributed by atoms with Crippen molar-refractivity contribution < 1.29 is 17.9 Å². The van der Waals surface area contributed by atoms with Crippen LogP contribution in [0.15, 0.2) is 72.8 Å². The standard InChI is InChI=1S/C23H20F3NO/c24-23(25,26)19-6-3-5-17(12-19)16-10-8-15(9-11-16)14-28-21-13-18-4-1-2-7-20(18)22(21)27/h1-12,21-22H,13-14,27H2. The predicted molar refractivity (Wildman–Crippen MR) is 103 cm³/mol. The fourth-order valence-electron chi connectivity index (χ4n) is 3.62. The van der Waals surface area contributed by atoms with Crippen molar-refractivity contribution >= 4 is 0 Å². The van der Waals surface area contributed by atoms with Crippen molar-refractivity contribution in [3.8, 4) is 11.1 Å². The summed E-state index contributed by atoms with van der Waals surface area (Å²) < 4.78 is 44.7. The maximum atomic E-state index is 12.9. The summed E-state index contributed by atoms with van der Waals surface area (Å²) in [7, 11) is 0.